The molecule has 0 saturated carbocycles. The number of aromatic nitrogens is 3. The third-order valence-corrected chi connectivity index (χ3v) is 3.84. The minimum absolute atomic E-state index is 0.0901. The van der Waals surface area contributed by atoms with Gasteiger partial charge < -0.3 is 10.5 Å². The normalized spacial score (nSPS) is 18.2. The van der Waals surface area contributed by atoms with Crippen molar-refractivity contribution in [3.8, 4) is 5.75 Å². The first-order valence-corrected chi connectivity index (χ1v) is 6.85. The zero-order valence-corrected chi connectivity index (χ0v) is 10.6. The van der Waals surface area contributed by atoms with Crippen molar-refractivity contribution in [1.29, 1.82) is 0 Å². The predicted molar refractivity (Wildman–Crippen MR) is 69.7 cm³/mol. The van der Waals surface area contributed by atoms with Gasteiger partial charge in [0.2, 0.25) is 0 Å². The number of nitrogens with two attached hydrogens (primary N) is 1. The summed E-state index contributed by atoms with van der Waals surface area (Å²) < 4.78 is 5.91. The topological polar surface area (TPSA) is 76.8 Å². The van der Waals surface area contributed by atoms with Crippen LogP contribution in [0.15, 0.2) is 29.2 Å². The van der Waals surface area contributed by atoms with Gasteiger partial charge in [-0.2, -0.15) is 5.10 Å². The Bertz CT molecular complexity index is 542. The first-order valence-electron chi connectivity index (χ1n) is 5.86. The largest absolute Gasteiger partial charge is 0.480 e. The van der Waals surface area contributed by atoms with E-state index in [9.17, 15) is 0 Å². The first-order chi connectivity index (χ1) is 8.86. The van der Waals surface area contributed by atoms with Gasteiger partial charge in [0, 0.05) is 17.1 Å². The molecule has 2 heterocycles. The van der Waals surface area contributed by atoms with Crippen LogP contribution in [0, 0.1) is 0 Å². The van der Waals surface area contributed by atoms with Crippen molar-refractivity contribution in [3.63, 3.8) is 0 Å². The molecule has 0 bridgehead atoms. The van der Waals surface area contributed by atoms with E-state index in [1.807, 2.05) is 18.2 Å². The summed E-state index contributed by atoms with van der Waals surface area (Å²) in [5.74, 6) is 3.26. The van der Waals surface area contributed by atoms with Crippen LogP contribution in [-0.4, -0.2) is 27.5 Å². The third-order valence-electron chi connectivity index (χ3n) is 2.73. The number of thioether (sulfide) groups is 1. The number of hydrogen-bond donors (Lipinski definition) is 2. The van der Waals surface area contributed by atoms with E-state index >= 15 is 0 Å². The summed E-state index contributed by atoms with van der Waals surface area (Å²) in [6.07, 6.45) is 0.622. The van der Waals surface area contributed by atoms with E-state index in [1.54, 1.807) is 11.8 Å². The Labute approximate surface area is 109 Å². The molecule has 5 nitrogen and oxygen atoms in total. The van der Waals surface area contributed by atoms with E-state index in [4.69, 9.17) is 10.5 Å². The van der Waals surface area contributed by atoms with Gasteiger partial charge in [0.05, 0.1) is 0 Å². The fourth-order valence-corrected chi connectivity index (χ4v) is 2.83. The highest BCUT2D eigenvalue weighted by Crippen LogP contribution is 2.39. The molecule has 0 saturated heterocycles. The lowest BCUT2D eigenvalue weighted by atomic mass is 10.3. The van der Waals surface area contributed by atoms with Crippen LogP contribution in [0.3, 0.4) is 0 Å². The highest BCUT2D eigenvalue weighted by atomic mass is 32.2. The number of rotatable bonds is 3. The van der Waals surface area contributed by atoms with E-state index in [1.165, 1.54) is 4.90 Å². The maximum Gasteiger partial charge on any atom is 0.192 e. The molecule has 0 aliphatic carbocycles. The molecule has 0 fully saturated rings. The van der Waals surface area contributed by atoms with Crippen molar-refractivity contribution in [3.05, 3.63) is 35.9 Å². The molecule has 1 aliphatic rings. The molecule has 2 aromatic rings. The van der Waals surface area contributed by atoms with Crippen LogP contribution in [-0.2, 0) is 6.42 Å². The summed E-state index contributed by atoms with van der Waals surface area (Å²) in [7, 11) is 0. The Morgan fingerprint density at radius 1 is 1.44 bits per heavy atom. The molecule has 3 N–H and O–H groups in total. The van der Waals surface area contributed by atoms with Crippen molar-refractivity contribution in [2.75, 3.05) is 12.3 Å². The fourth-order valence-electron chi connectivity index (χ4n) is 1.85. The molecule has 18 heavy (non-hydrogen) atoms. The molecule has 1 aromatic carbocycles. The lowest BCUT2D eigenvalue weighted by Crippen LogP contribution is -2.16. The summed E-state index contributed by atoms with van der Waals surface area (Å²) in [6.45, 7) is 0.567. The average molecular weight is 262 g/mol. The van der Waals surface area contributed by atoms with E-state index in [-0.39, 0.29) is 6.10 Å². The SMILES string of the molecule is NCCc1nc(C2CSc3ccccc3O2)n[nH]1. The lowest BCUT2D eigenvalue weighted by Gasteiger charge is -2.23. The zero-order chi connectivity index (χ0) is 12.4. The molecule has 3 rings (SSSR count). The number of para-hydroxylation sites is 1. The minimum Gasteiger partial charge on any atom is -0.480 e. The maximum absolute atomic E-state index is 5.91. The molecule has 0 spiro atoms. The highest BCUT2D eigenvalue weighted by Gasteiger charge is 2.24. The molecular weight excluding hydrogens is 248 g/mol. The van der Waals surface area contributed by atoms with Crippen LogP contribution >= 0.6 is 11.8 Å². The zero-order valence-electron chi connectivity index (χ0n) is 9.80. The standard InChI is InChI=1S/C12H14N4OS/c13-6-5-11-14-12(16-15-11)9-7-18-10-4-2-1-3-8(10)17-9/h1-4,9H,5-7,13H2,(H,14,15,16). The van der Waals surface area contributed by atoms with Gasteiger partial charge in [-0.1, -0.05) is 12.1 Å². The number of fused-ring (bicyclic) bond motifs is 1. The average Bonchev–Trinajstić information content (AvgIpc) is 2.87. The van der Waals surface area contributed by atoms with E-state index in [2.05, 4.69) is 21.2 Å². The Balaban J connectivity index is 1.78. The van der Waals surface area contributed by atoms with Crippen LogP contribution in [0.5, 0.6) is 5.75 Å². The molecule has 0 amide bonds. The van der Waals surface area contributed by atoms with E-state index in [0.29, 0.717) is 18.8 Å². The monoisotopic (exact) mass is 262 g/mol. The summed E-state index contributed by atoms with van der Waals surface area (Å²) in [6, 6.07) is 8.03. The Hall–Kier alpha value is -1.53. The van der Waals surface area contributed by atoms with Gasteiger partial charge in [0.25, 0.3) is 0 Å². The highest BCUT2D eigenvalue weighted by molar-refractivity contribution is 7.99. The van der Waals surface area contributed by atoms with Gasteiger partial charge in [-0.3, -0.25) is 5.10 Å². The number of nitrogens with one attached hydrogen (secondary N) is 1. The Morgan fingerprint density at radius 3 is 3.22 bits per heavy atom. The Kier molecular flexibility index (Phi) is 3.21. The molecule has 0 radical (unpaired) electrons. The predicted octanol–water partition coefficient (Wildman–Crippen LogP) is 1.53. The molecule has 94 valence electrons. The number of hydrogen-bond acceptors (Lipinski definition) is 5. The second-order valence-corrected chi connectivity index (χ2v) is 5.11. The maximum atomic E-state index is 5.91. The van der Waals surface area contributed by atoms with E-state index < -0.39 is 0 Å². The number of benzene rings is 1. The van der Waals surface area contributed by atoms with E-state index in [0.717, 1.165) is 17.3 Å². The van der Waals surface area contributed by atoms with Crippen molar-refractivity contribution in [1.82, 2.24) is 15.2 Å². The molecule has 1 unspecified atom stereocenters. The summed E-state index contributed by atoms with van der Waals surface area (Å²) in [4.78, 5) is 5.58. The number of nitrogens with zero attached hydrogens (tertiary/aromatic N) is 2. The van der Waals surface area contributed by atoms with Crippen molar-refractivity contribution < 1.29 is 4.74 Å². The summed E-state index contributed by atoms with van der Waals surface area (Å²) in [5, 5.41) is 7.10. The molecule has 1 aromatic heterocycles. The fraction of sp³-hybridized carbons (Fsp3) is 0.333. The van der Waals surface area contributed by atoms with Gasteiger partial charge in [0.15, 0.2) is 11.9 Å². The van der Waals surface area contributed by atoms with Crippen LogP contribution < -0.4 is 10.5 Å². The van der Waals surface area contributed by atoms with Gasteiger partial charge in [-0.25, -0.2) is 4.98 Å². The second kappa shape index (κ2) is 4.99. The Morgan fingerprint density at radius 2 is 2.33 bits per heavy atom. The van der Waals surface area contributed by atoms with Crippen molar-refractivity contribution in [2.45, 2.75) is 17.4 Å². The molecule has 6 heteroatoms. The third kappa shape index (κ3) is 2.21. The van der Waals surface area contributed by atoms with Crippen LogP contribution in [0.4, 0.5) is 0 Å². The summed E-state index contributed by atoms with van der Waals surface area (Å²) in [5.41, 5.74) is 5.49. The smallest absolute Gasteiger partial charge is 0.192 e. The van der Waals surface area contributed by atoms with Crippen LogP contribution in [0.1, 0.15) is 17.8 Å². The number of aromatic amines is 1. The quantitative estimate of drug-likeness (QED) is 0.877. The second-order valence-electron chi connectivity index (χ2n) is 4.04. The minimum atomic E-state index is -0.0901. The summed E-state index contributed by atoms with van der Waals surface area (Å²) >= 11 is 1.77. The van der Waals surface area contributed by atoms with Crippen LogP contribution in [0.2, 0.25) is 0 Å². The van der Waals surface area contributed by atoms with Gasteiger partial charge in [-0.15, -0.1) is 11.8 Å². The van der Waals surface area contributed by atoms with Crippen molar-refractivity contribution in [2.24, 2.45) is 5.73 Å². The molecule has 1 aliphatic heterocycles. The first kappa shape index (κ1) is 11.6. The van der Waals surface area contributed by atoms with Crippen LogP contribution in [0.25, 0.3) is 0 Å². The van der Waals surface area contributed by atoms with Gasteiger partial charge >= 0.3 is 0 Å². The van der Waals surface area contributed by atoms with Crippen molar-refractivity contribution >= 4 is 11.8 Å². The molecule has 1 atom stereocenters. The number of H-pyrrole nitrogens is 1. The number of ether oxygens (including phenoxy) is 1. The molecular formula is C12H14N4OS. The van der Waals surface area contributed by atoms with Gasteiger partial charge in [-0.05, 0) is 18.7 Å². The lowest BCUT2D eigenvalue weighted by molar-refractivity contribution is 0.210. The van der Waals surface area contributed by atoms with Gasteiger partial charge in [0.1, 0.15) is 11.6 Å².